The number of carbonyl (C=O) groups is 1. The molecule has 1 heterocycles. The predicted octanol–water partition coefficient (Wildman–Crippen LogP) is 8.13. The van der Waals surface area contributed by atoms with Crippen LogP contribution in [0.15, 0.2) is 143 Å². The highest BCUT2D eigenvalue weighted by molar-refractivity contribution is 9.10. The van der Waals surface area contributed by atoms with Gasteiger partial charge in [0.2, 0.25) is 5.90 Å². The molecule has 244 valence electrons. The maximum atomic E-state index is 14.6. The minimum atomic E-state index is -1.28. The molecule has 6 rings (SSSR count). The number of amides is 1. The van der Waals surface area contributed by atoms with E-state index in [2.05, 4.69) is 57.6 Å². The summed E-state index contributed by atoms with van der Waals surface area (Å²) >= 11 is 3.72. The van der Waals surface area contributed by atoms with Gasteiger partial charge in [-0.25, -0.2) is 4.99 Å². The van der Waals surface area contributed by atoms with Crippen molar-refractivity contribution in [2.45, 2.75) is 37.3 Å². The summed E-state index contributed by atoms with van der Waals surface area (Å²) in [6.07, 6.45) is 1.86. The third-order valence-electron chi connectivity index (χ3n) is 8.54. The highest BCUT2D eigenvalue weighted by Crippen LogP contribution is 2.44. The molecule has 1 aliphatic rings. The summed E-state index contributed by atoms with van der Waals surface area (Å²) in [6.45, 7) is 1.01. The van der Waals surface area contributed by atoms with Crippen molar-refractivity contribution in [2.24, 2.45) is 4.99 Å². The molecule has 0 bridgehead atoms. The smallest absolute Gasteiger partial charge is 0.252 e. The van der Waals surface area contributed by atoms with E-state index < -0.39 is 11.6 Å². The van der Waals surface area contributed by atoms with Gasteiger partial charge in [-0.1, -0.05) is 119 Å². The lowest BCUT2D eigenvalue weighted by molar-refractivity contribution is -0.128. The van der Waals surface area contributed by atoms with Gasteiger partial charge in [0.15, 0.2) is 11.6 Å². The fourth-order valence-electron chi connectivity index (χ4n) is 5.99. The molecule has 1 amide bonds. The SMILES string of the molecule is O=C(NCCCc1ccccc1)[C@]1(Cc2ccccc2Br)N=C(c2ccc(OCCCO)cc2)O[C@@H]1c1ccc(-c2ccccc2)cc1. The Kier molecular flexibility index (Phi) is 11.0. The minimum Gasteiger partial charge on any atom is -0.494 e. The number of aliphatic hydroxyl groups excluding tert-OH is 1. The average molecular weight is 704 g/mol. The van der Waals surface area contributed by atoms with Crippen LogP contribution < -0.4 is 10.1 Å². The van der Waals surface area contributed by atoms with Crippen LogP contribution in [0.2, 0.25) is 0 Å². The topological polar surface area (TPSA) is 80.2 Å². The van der Waals surface area contributed by atoms with Crippen LogP contribution in [0.3, 0.4) is 0 Å². The van der Waals surface area contributed by atoms with Gasteiger partial charge < -0.3 is 19.9 Å². The van der Waals surface area contributed by atoms with E-state index in [1.54, 1.807) is 0 Å². The van der Waals surface area contributed by atoms with E-state index >= 15 is 0 Å². The fraction of sp³-hybridized carbons (Fsp3) is 0.220. The molecule has 0 saturated heterocycles. The molecule has 0 saturated carbocycles. The van der Waals surface area contributed by atoms with Crippen molar-refractivity contribution in [1.82, 2.24) is 5.32 Å². The van der Waals surface area contributed by atoms with Gasteiger partial charge in [0, 0.05) is 36.0 Å². The van der Waals surface area contributed by atoms with E-state index in [1.807, 2.05) is 97.1 Å². The third-order valence-corrected chi connectivity index (χ3v) is 9.31. The fourth-order valence-corrected chi connectivity index (χ4v) is 6.41. The number of halogens is 1. The van der Waals surface area contributed by atoms with Gasteiger partial charge >= 0.3 is 0 Å². The van der Waals surface area contributed by atoms with Crippen molar-refractivity contribution in [3.63, 3.8) is 0 Å². The normalized spacial score (nSPS) is 17.0. The minimum absolute atomic E-state index is 0.0738. The van der Waals surface area contributed by atoms with Crippen LogP contribution in [0.25, 0.3) is 11.1 Å². The summed E-state index contributed by atoms with van der Waals surface area (Å²) < 4.78 is 13.4. The molecule has 5 aromatic rings. The van der Waals surface area contributed by atoms with Gasteiger partial charge in [-0.2, -0.15) is 0 Å². The molecular formula is C41H39BrN2O4. The monoisotopic (exact) mass is 702 g/mol. The number of hydrogen-bond acceptors (Lipinski definition) is 5. The molecule has 6 nitrogen and oxygen atoms in total. The molecule has 2 N–H and O–H groups in total. The molecule has 0 fully saturated rings. The zero-order valence-corrected chi connectivity index (χ0v) is 28.3. The molecule has 48 heavy (non-hydrogen) atoms. The van der Waals surface area contributed by atoms with E-state index in [-0.39, 0.29) is 12.5 Å². The summed E-state index contributed by atoms with van der Waals surface area (Å²) in [5, 5.41) is 12.4. The number of ether oxygens (including phenoxy) is 2. The number of hydrogen-bond donors (Lipinski definition) is 2. The number of nitrogens with one attached hydrogen (secondary N) is 1. The maximum Gasteiger partial charge on any atom is 0.252 e. The van der Waals surface area contributed by atoms with Crippen LogP contribution in [-0.4, -0.2) is 42.2 Å². The lowest BCUT2D eigenvalue weighted by atomic mass is 9.81. The lowest BCUT2D eigenvalue weighted by Gasteiger charge is -2.31. The van der Waals surface area contributed by atoms with Gasteiger partial charge in [-0.15, -0.1) is 0 Å². The van der Waals surface area contributed by atoms with E-state index in [1.165, 1.54) is 5.56 Å². The van der Waals surface area contributed by atoms with Crippen LogP contribution in [0, 0.1) is 0 Å². The van der Waals surface area contributed by atoms with Crippen LogP contribution in [-0.2, 0) is 22.4 Å². The molecular weight excluding hydrogens is 664 g/mol. The van der Waals surface area contributed by atoms with Crippen molar-refractivity contribution < 1.29 is 19.4 Å². The second kappa shape index (κ2) is 15.9. The van der Waals surface area contributed by atoms with E-state index in [4.69, 9.17) is 19.6 Å². The maximum absolute atomic E-state index is 14.6. The lowest BCUT2D eigenvalue weighted by Crippen LogP contribution is -2.50. The Balaban J connectivity index is 1.36. The van der Waals surface area contributed by atoms with Crippen LogP contribution in [0.5, 0.6) is 5.75 Å². The van der Waals surface area contributed by atoms with Crippen molar-refractivity contribution in [3.05, 3.63) is 160 Å². The Bertz CT molecular complexity index is 1810. The van der Waals surface area contributed by atoms with E-state index in [0.29, 0.717) is 37.6 Å². The molecule has 7 heteroatoms. The third kappa shape index (κ3) is 7.87. The molecule has 2 atom stereocenters. The molecule has 0 unspecified atom stereocenters. The van der Waals surface area contributed by atoms with Gasteiger partial charge in [0.1, 0.15) is 5.75 Å². The van der Waals surface area contributed by atoms with Crippen molar-refractivity contribution in [2.75, 3.05) is 19.8 Å². The Morgan fingerprint density at radius 2 is 1.44 bits per heavy atom. The van der Waals surface area contributed by atoms with E-state index in [9.17, 15) is 4.79 Å². The predicted molar refractivity (Wildman–Crippen MR) is 194 cm³/mol. The van der Waals surface area contributed by atoms with Crippen molar-refractivity contribution in [3.8, 4) is 16.9 Å². The number of carbonyl (C=O) groups excluding carboxylic acids is 1. The number of aliphatic imine (C=N–C) groups is 1. The summed E-state index contributed by atoms with van der Waals surface area (Å²) in [4.78, 5) is 19.8. The molecule has 5 aromatic carbocycles. The second-order valence-corrected chi connectivity index (χ2v) is 12.7. The quantitative estimate of drug-likeness (QED) is 0.115. The van der Waals surface area contributed by atoms with Crippen LogP contribution >= 0.6 is 15.9 Å². The largest absolute Gasteiger partial charge is 0.494 e. The zero-order valence-electron chi connectivity index (χ0n) is 26.7. The first-order valence-electron chi connectivity index (χ1n) is 16.4. The molecule has 0 aromatic heterocycles. The van der Waals surface area contributed by atoms with Gasteiger partial charge in [-0.3, -0.25) is 4.79 Å². The van der Waals surface area contributed by atoms with Crippen molar-refractivity contribution in [1.29, 1.82) is 0 Å². The van der Waals surface area contributed by atoms with E-state index in [0.717, 1.165) is 45.1 Å². The highest BCUT2D eigenvalue weighted by Gasteiger charge is 2.53. The van der Waals surface area contributed by atoms with Crippen LogP contribution in [0.4, 0.5) is 0 Å². The number of aryl methyl sites for hydroxylation is 1. The Labute approximate surface area is 290 Å². The molecule has 0 aliphatic carbocycles. The van der Waals surface area contributed by atoms with Gasteiger partial charge in [0.25, 0.3) is 5.91 Å². The first-order valence-corrected chi connectivity index (χ1v) is 17.2. The number of nitrogens with zero attached hydrogens (tertiary/aromatic N) is 1. The summed E-state index contributed by atoms with van der Waals surface area (Å²) in [5.74, 6) is 0.914. The highest BCUT2D eigenvalue weighted by atomic mass is 79.9. The Morgan fingerprint density at radius 1 is 0.792 bits per heavy atom. The molecule has 1 aliphatic heterocycles. The number of benzene rings is 5. The standard InChI is InChI=1S/C41H39BrN2O4/c42-37-17-8-7-16-35(37)29-41(40(46)43-26-9-13-30-11-3-1-4-12-30)38(33-20-18-32(19-21-33)31-14-5-2-6-15-31)48-39(44-41)34-22-24-36(25-23-34)47-28-10-27-45/h1-8,11-12,14-25,38,45H,9-10,13,26-29H2,(H,43,46)/t38-,41-/m1/s1. The molecule has 0 radical (unpaired) electrons. The van der Waals surface area contributed by atoms with Crippen LogP contribution in [0.1, 0.15) is 41.2 Å². The summed E-state index contributed by atoms with van der Waals surface area (Å²) in [7, 11) is 0. The first kappa shape index (κ1) is 33.2. The van der Waals surface area contributed by atoms with Gasteiger partial charge in [-0.05, 0) is 71.0 Å². The average Bonchev–Trinajstić information content (AvgIpc) is 3.53. The van der Waals surface area contributed by atoms with Crippen molar-refractivity contribution >= 4 is 27.7 Å². The second-order valence-electron chi connectivity index (χ2n) is 11.9. The number of aliphatic hydroxyl groups is 1. The molecule has 0 spiro atoms. The zero-order chi connectivity index (χ0) is 33.2. The number of rotatable bonds is 14. The summed E-state index contributed by atoms with van der Waals surface area (Å²) in [5.41, 5.74) is 4.73. The van der Waals surface area contributed by atoms with Gasteiger partial charge in [0.05, 0.1) is 6.61 Å². The Hall–Kier alpha value is -4.72. The summed E-state index contributed by atoms with van der Waals surface area (Å²) in [6, 6.07) is 44.2. The Morgan fingerprint density at radius 3 is 2.15 bits per heavy atom. The first-order chi connectivity index (χ1) is 23.6.